The van der Waals surface area contributed by atoms with Gasteiger partial charge in [0.2, 0.25) is 5.95 Å². The van der Waals surface area contributed by atoms with Gasteiger partial charge in [-0.1, -0.05) is 54.1 Å². The number of aromatic nitrogens is 4. The molecule has 0 radical (unpaired) electrons. The summed E-state index contributed by atoms with van der Waals surface area (Å²) in [6, 6.07) is 30.6. The van der Waals surface area contributed by atoms with Crippen molar-refractivity contribution >= 4 is 40.5 Å². The molecule has 214 valence electrons. The lowest BCUT2D eigenvalue weighted by Crippen LogP contribution is -2.14. The third-order valence-electron chi connectivity index (χ3n) is 7.00. The van der Waals surface area contributed by atoms with Crippen LogP contribution in [0.1, 0.15) is 15.9 Å². The normalized spacial score (nSPS) is 11.2. The number of nitrogens with one attached hydrogen (secondary N) is 2. The van der Waals surface area contributed by atoms with Gasteiger partial charge in [0.05, 0.1) is 27.7 Å². The third-order valence-corrected chi connectivity index (χ3v) is 7.33. The first-order valence-electron chi connectivity index (χ1n) is 13.9. The molecule has 0 atom stereocenters. The number of nitrogens with zero attached hydrogens (tertiary/aromatic N) is 5. The van der Waals surface area contributed by atoms with Crippen LogP contribution < -0.4 is 10.6 Å². The van der Waals surface area contributed by atoms with Crippen molar-refractivity contribution < 1.29 is 4.79 Å². The molecule has 0 aliphatic rings. The molecule has 3 heterocycles. The van der Waals surface area contributed by atoms with E-state index in [0.717, 1.165) is 41.3 Å². The Hall–Kier alpha value is -5.05. The lowest BCUT2D eigenvalue weighted by molar-refractivity contribution is 0.102. The van der Waals surface area contributed by atoms with Gasteiger partial charge in [-0.05, 0) is 80.7 Å². The topological polar surface area (TPSA) is 87.5 Å². The Kier molecular flexibility index (Phi) is 8.13. The molecule has 0 aliphatic heterocycles. The second-order valence-corrected chi connectivity index (χ2v) is 10.8. The number of pyridine rings is 1. The molecule has 0 fully saturated rings. The highest BCUT2D eigenvalue weighted by atomic mass is 35.5. The number of carbonyl (C=O) groups excluding carboxylic acids is 1. The maximum Gasteiger partial charge on any atom is 0.257 e. The van der Waals surface area contributed by atoms with Crippen LogP contribution in [0.4, 0.5) is 17.3 Å². The van der Waals surface area contributed by atoms with Crippen molar-refractivity contribution in [3.05, 3.63) is 126 Å². The van der Waals surface area contributed by atoms with Crippen LogP contribution in [0.2, 0.25) is 5.02 Å². The highest BCUT2D eigenvalue weighted by Gasteiger charge is 2.19. The first-order valence-corrected chi connectivity index (χ1v) is 14.3. The smallest absolute Gasteiger partial charge is 0.257 e. The van der Waals surface area contributed by atoms with Crippen LogP contribution in [0.3, 0.4) is 0 Å². The highest BCUT2D eigenvalue weighted by molar-refractivity contribution is 6.34. The van der Waals surface area contributed by atoms with E-state index >= 15 is 0 Å². The zero-order valence-electron chi connectivity index (χ0n) is 23.8. The fraction of sp³-hybridized carbons (Fsp3) is 0.118. The van der Waals surface area contributed by atoms with E-state index in [0.29, 0.717) is 27.9 Å². The average molecular weight is 588 g/mol. The van der Waals surface area contributed by atoms with Crippen molar-refractivity contribution in [1.82, 2.24) is 24.3 Å². The number of anilines is 3. The molecule has 8 nitrogen and oxygen atoms in total. The zero-order chi connectivity index (χ0) is 29.8. The number of fused-ring (bicyclic) bond motifs is 1. The summed E-state index contributed by atoms with van der Waals surface area (Å²) in [4.78, 5) is 29.4. The van der Waals surface area contributed by atoms with Gasteiger partial charge in [-0.25, -0.2) is 15.0 Å². The maximum atomic E-state index is 12.9. The minimum Gasteiger partial charge on any atom is -0.324 e. The van der Waals surface area contributed by atoms with Gasteiger partial charge in [-0.15, -0.1) is 0 Å². The van der Waals surface area contributed by atoms with Crippen LogP contribution in [-0.4, -0.2) is 50.8 Å². The van der Waals surface area contributed by atoms with Gasteiger partial charge < -0.3 is 15.5 Å². The average Bonchev–Trinajstić information content (AvgIpc) is 3.41. The molecule has 9 heteroatoms. The lowest BCUT2D eigenvalue weighted by Gasteiger charge is -2.11. The van der Waals surface area contributed by atoms with Crippen molar-refractivity contribution in [2.45, 2.75) is 6.42 Å². The van der Waals surface area contributed by atoms with Gasteiger partial charge in [-0.3, -0.25) is 9.20 Å². The molecule has 0 unspecified atom stereocenters. The molecule has 0 saturated heterocycles. The van der Waals surface area contributed by atoms with E-state index in [2.05, 4.69) is 46.7 Å². The molecule has 0 bridgehead atoms. The molecular weight excluding hydrogens is 558 g/mol. The number of halogens is 1. The summed E-state index contributed by atoms with van der Waals surface area (Å²) < 4.78 is 2.01. The quantitative estimate of drug-likeness (QED) is 0.186. The van der Waals surface area contributed by atoms with E-state index in [4.69, 9.17) is 21.6 Å². The molecule has 43 heavy (non-hydrogen) atoms. The molecule has 1 amide bonds. The summed E-state index contributed by atoms with van der Waals surface area (Å²) in [5, 5.41) is 6.69. The second-order valence-electron chi connectivity index (χ2n) is 10.4. The van der Waals surface area contributed by atoms with Gasteiger partial charge in [0.25, 0.3) is 5.91 Å². The Balaban J connectivity index is 1.31. The highest BCUT2D eigenvalue weighted by Crippen LogP contribution is 2.33. The largest absolute Gasteiger partial charge is 0.324 e. The van der Waals surface area contributed by atoms with Crippen molar-refractivity contribution in [2.24, 2.45) is 0 Å². The van der Waals surface area contributed by atoms with Crippen LogP contribution in [0.25, 0.3) is 28.3 Å². The number of hydrogen-bond donors (Lipinski definition) is 2. The number of imidazole rings is 1. The molecule has 3 aromatic carbocycles. The lowest BCUT2D eigenvalue weighted by atomic mass is 10.1. The molecule has 6 rings (SSSR count). The van der Waals surface area contributed by atoms with Gasteiger partial charge >= 0.3 is 0 Å². The van der Waals surface area contributed by atoms with Crippen LogP contribution in [0, 0.1) is 0 Å². The monoisotopic (exact) mass is 587 g/mol. The van der Waals surface area contributed by atoms with Crippen molar-refractivity contribution in [3.8, 4) is 22.6 Å². The first-order chi connectivity index (χ1) is 20.9. The summed E-state index contributed by atoms with van der Waals surface area (Å²) in [6.07, 6.45) is 4.69. The predicted molar refractivity (Wildman–Crippen MR) is 173 cm³/mol. The summed E-state index contributed by atoms with van der Waals surface area (Å²) in [7, 11) is 4.15. The number of benzene rings is 3. The third kappa shape index (κ3) is 6.40. The van der Waals surface area contributed by atoms with Gasteiger partial charge in [0.15, 0.2) is 0 Å². The van der Waals surface area contributed by atoms with E-state index in [1.807, 2.05) is 71.3 Å². The number of hydrogen-bond acceptors (Lipinski definition) is 6. The fourth-order valence-corrected chi connectivity index (χ4v) is 5.04. The maximum absolute atomic E-state index is 12.9. The second kappa shape index (κ2) is 12.4. The SMILES string of the molecule is CN(C)CCc1ccc(Nc2nccc(-c3c(-c4cccc(NC(=O)c5ccccc5Cl)c4)nc4ccccn34)n2)cc1. The predicted octanol–water partition coefficient (Wildman–Crippen LogP) is 7.21. The van der Waals surface area contributed by atoms with Gasteiger partial charge in [0.1, 0.15) is 5.65 Å². The summed E-state index contributed by atoms with van der Waals surface area (Å²) >= 11 is 6.25. The minimum atomic E-state index is -0.282. The molecule has 3 aromatic heterocycles. The van der Waals surface area contributed by atoms with Crippen molar-refractivity contribution in [1.29, 1.82) is 0 Å². The van der Waals surface area contributed by atoms with E-state index in [1.165, 1.54) is 5.56 Å². The first kappa shape index (κ1) is 28.1. The zero-order valence-corrected chi connectivity index (χ0v) is 24.6. The fourth-order valence-electron chi connectivity index (χ4n) is 4.82. The number of carbonyl (C=O) groups is 1. The Labute approximate surface area is 255 Å². The van der Waals surface area contributed by atoms with Crippen LogP contribution in [0.15, 0.2) is 109 Å². The summed E-state index contributed by atoms with van der Waals surface area (Å²) in [5.41, 5.74) is 7.08. The van der Waals surface area contributed by atoms with E-state index < -0.39 is 0 Å². The van der Waals surface area contributed by atoms with Crippen LogP contribution >= 0.6 is 11.6 Å². The van der Waals surface area contributed by atoms with Crippen molar-refractivity contribution in [2.75, 3.05) is 31.3 Å². The molecule has 2 N–H and O–H groups in total. The molecule has 6 aromatic rings. The van der Waals surface area contributed by atoms with E-state index in [-0.39, 0.29) is 5.91 Å². The Morgan fingerprint density at radius 3 is 2.51 bits per heavy atom. The summed E-state index contributed by atoms with van der Waals surface area (Å²) in [6.45, 7) is 0.996. The molecule has 0 saturated carbocycles. The standard InChI is InChI=1S/C34H30ClN7O/c1-41(2)21-18-23-13-15-25(16-14-23)38-34-36-19-17-29(39-34)32-31(40-30-12-5-6-20-42(30)32)24-8-7-9-26(22-24)37-33(43)27-10-3-4-11-28(27)35/h3-17,19-20,22H,18,21H2,1-2H3,(H,37,43)(H,36,38,39). The molecule has 0 aliphatic carbocycles. The Morgan fingerprint density at radius 2 is 1.70 bits per heavy atom. The van der Waals surface area contributed by atoms with Crippen LogP contribution in [-0.2, 0) is 6.42 Å². The Morgan fingerprint density at radius 1 is 0.884 bits per heavy atom. The molecule has 0 spiro atoms. The number of rotatable bonds is 9. The van der Waals surface area contributed by atoms with Crippen molar-refractivity contribution in [3.63, 3.8) is 0 Å². The summed E-state index contributed by atoms with van der Waals surface area (Å²) in [5.74, 6) is 0.200. The van der Waals surface area contributed by atoms with Gasteiger partial charge in [0, 0.05) is 35.9 Å². The Bertz CT molecular complexity index is 1900. The molecular formula is C34H30ClN7O. The minimum absolute atomic E-state index is 0.282. The number of amides is 1. The van der Waals surface area contributed by atoms with E-state index in [9.17, 15) is 4.79 Å². The van der Waals surface area contributed by atoms with Crippen LogP contribution in [0.5, 0.6) is 0 Å². The van der Waals surface area contributed by atoms with Gasteiger partial charge in [-0.2, -0.15) is 0 Å². The van der Waals surface area contributed by atoms with E-state index in [1.54, 1.807) is 30.5 Å². The number of likely N-dealkylation sites (N-methyl/N-ethyl adjacent to an activating group) is 1.